The van der Waals surface area contributed by atoms with E-state index in [2.05, 4.69) is 10.6 Å². The number of rotatable bonds is 4. The topological polar surface area (TPSA) is 78.4 Å². The van der Waals surface area contributed by atoms with Crippen molar-refractivity contribution >= 4 is 17.6 Å². The minimum atomic E-state index is -0.962. The number of benzene rings is 1. The van der Waals surface area contributed by atoms with Crippen LogP contribution in [-0.2, 0) is 4.79 Å². The maximum absolute atomic E-state index is 11.7. The highest BCUT2D eigenvalue weighted by Gasteiger charge is 2.20. The molecule has 2 rings (SSSR count). The average Bonchev–Trinajstić information content (AvgIpc) is 2.26. The van der Waals surface area contributed by atoms with E-state index >= 15 is 0 Å². The number of carboxylic acids is 1. The van der Waals surface area contributed by atoms with Gasteiger partial charge < -0.3 is 15.7 Å². The molecule has 5 heteroatoms. The first-order valence-electron chi connectivity index (χ1n) is 5.91. The Morgan fingerprint density at radius 1 is 1.44 bits per heavy atom. The second kappa shape index (κ2) is 5.18. The minimum Gasteiger partial charge on any atom is -0.478 e. The molecule has 96 valence electrons. The van der Waals surface area contributed by atoms with E-state index in [4.69, 9.17) is 5.11 Å². The molecule has 0 spiro atoms. The lowest BCUT2D eigenvalue weighted by molar-refractivity contribution is -0.117. The summed E-state index contributed by atoms with van der Waals surface area (Å²) < 4.78 is 0. The Kier molecular flexibility index (Phi) is 3.62. The Morgan fingerprint density at radius 3 is 2.67 bits per heavy atom. The third-order valence-corrected chi connectivity index (χ3v) is 3.09. The van der Waals surface area contributed by atoms with E-state index in [0.717, 1.165) is 18.7 Å². The van der Waals surface area contributed by atoms with Gasteiger partial charge in [0, 0.05) is 12.1 Å². The maximum Gasteiger partial charge on any atom is 0.335 e. The number of carbonyl (C=O) groups excluding carboxylic acids is 1. The molecule has 1 aromatic rings. The van der Waals surface area contributed by atoms with E-state index < -0.39 is 5.97 Å². The summed E-state index contributed by atoms with van der Waals surface area (Å²) in [4.78, 5) is 22.5. The second-order valence-electron chi connectivity index (χ2n) is 4.61. The van der Waals surface area contributed by atoms with E-state index in [9.17, 15) is 9.59 Å². The molecule has 1 aliphatic heterocycles. The van der Waals surface area contributed by atoms with Crippen LogP contribution in [0.25, 0.3) is 0 Å². The highest BCUT2D eigenvalue weighted by molar-refractivity contribution is 5.93. The van der Waals surface area contributed by atoms with E-state index in [-0.39, 0.29) is 11.5 Å². The number of carbonyl (C=O) groups is 2. The lowest BCUT2D eigenvalue weighted by atomic mass is 9.99. The van der Waals surface area contributed by atoms with Gasteiger partial charge >= 0.3 is 5.97 Å². The van der Waals surface area contributed by atoms with Crippen LogP contribution in [0.1, 0.15) is 22.3 Å². The fraction of sp³-hybridized carbons (Fsp3) is 0.385. The molecule has 5 nitrogen and oxygen atoms in total. The minimum absolute atomic E-state index is 0.0207. The molecular weight excluding hydrogens is 232 g/mol. The zero-order valence-corrected chi connectivity index (χ0v) is 10.2. The Hall–Kier alpha value is -1.88. The van der Waals surface area contributed by atoms with E-state index in [0.29, 0.717) is 18.0 Å². The van der Waals surface area contributed by atoms with E-state index in [1.165, 1.54) is 6.07 Å². The molecule has 1 fully saturated rings. The first-order valence-corrected chi connectivity index (χ1v) is 5.91. The van der Waals surface area contributed by atoms with Gasteiger partial charge in [0.15, 0.2) is 0 Å². The van der Waals surface area contributed by atoms with Gasteiger partial charge in [-0.1, -0.05) is 0 Å². The number of carboxylic acid groups (broad SMARTS) is 1. The average molecular weight is 248 g/mol. The Bertz CT molecular complexity index is 481. The molecular formula is C13H16N2O3. The van der Waals surface area contributed by atoms with Crippen molar-refractivity contribution in [3.8, 4) is 0 Å². The summed E-state index contributed by atoms with van der Waals surface area (Å²) in [5.41, 5.74) is 1.67. The zero-order chi connectivity index (χ0) is 13.1. The van der Waals surface area contributed by atoms with Gasteiger partial charge in [0.2, 0.25) is 5.91 Å². The molecule has 1 heterocycles. The summed E-state index contributed by atoms with van der Waals surface area (Å²) in [6, 6.07) is 4.69. The van der Waals surface area contributed by atoms with Crippen LogP contribution in [0.3, 0.4) is 0 Å². The van der Waals surface area contributed by atoms with Crippen molar-refractivity contribution in [3.05, 3.63) is 29.3 Å². The van der Waals surface area contributed by atoms with E-state index in [1.54, 1.807) is 19.1 Å². The van der Waals surface area contributed by atoms with Gasteiger partial charge in [-0.2, -0.15) is 0 Å². The molecule has 0 atom stereocenters. The smallest absolute Gasteiger partial charge is 0.335 e. The lowest BCUT2D eigenvalue weighted by Gasteiger charge is -2.26. The fourth-order valence-corrected chi connectivity index (χ4v) is 1.89. The first kappa shape index (κ1) is 12.6. The zero-order valence-electron chi connectivity index (χ0n) is 10.2. The normalized spacial score (nSPS) is 14.9. The summed E-state index contributed by atoms with van der Waals surface area (Å²) in [5.74, 6) is -0.562. The van der Waals surface area contributed by atoms with Crippen LogP contribution in [0.2, 0.25) is 0 Å². The van der Waals surface area contributed by atoms with Crippen molar-refractivity contribution in [1.82, 2.24) is 5.32 Å². The predicted octanol–water partition coefficient (Wildman–Crippen LogP) is 1.24. The molecule has 18 heavy (non-hydrogen) atoms. The molecule has 1 aliphatic rings. The number of anilines is 1. The Morgan fingerprint density at radius 2 is 2.17 bits per heavy atom. The second-order valence-corrected chi connectivity index (χ2v) is 4.61. The van der Waals surface area contributed by atoms with Gasteiger partial charge in [-0.25, -0.2) is 4.79 Å². The Balaban J connectivity index is 2.00. The summed E-state index contributed by atoms with van der Waals surface area (Å²) in [5, 5.41) is 14.8. The van der Waals surface area contributed by atoms with Crippen LogP contribution >= 0.6 is 0 Å². The maximum atomic E-state index is 11.7. The molecule has 1 aromatic carbocycles. The van der Waals surface area contributed by atoms with Crippen LogP contribution in [0.5, 0.6) is 0 Å². The van der Waals surface area contributed by atoms with Crippen LogP contribution in [0.4, 0.5) is 5.69 Å². The highest BCUT2D eigenvalue weighted by atomic mass is 16.4. The van der Waals surface area contributed by atoms with Gasteiger partial charge in [0.1, 0.15) is 0 Å². The molecule has 0 unspecified atom stereocenters. The van der Waals surface area contributed by atoms with Crippen molar-refractivity contribution in [2.75, 3.05) is 18.4 Å². The third-order valence-electron chi connectivity index (χ3n) is 3.09. The fourth-order valence-electron chi connectivity index (χ4n) is 1.89. The van der Waals surface area contributed by atoms with Crippen molar-refractivity contribution in [2.24, 2.45) is 5.92 Å². The van der Waals surface area contributed by atoms with Crippen molar-refractivity contribution < 1.29 is 14.7 Å². The van der Waals surface area contributed by atoms with Gasteiger partial charge in [-0.05, 0) is 49.7 Å². The van der Waals surface area contributed by atoms with Crippen LogP contribution in [-0.4, -0.2) is 30.1 Å². The number of nitrogens with one attached hydrogen (secondary N) is 2. The van der Waals surface area contributed by atoms with Gasteiger partial charge in [-0.3, -0.25) is 4.79 Å². The predicted molar refractivity (Wildman–Crippen MR) is 67.7 cm³/mol. The molecule has 3 N–H and O–H groups in total. The Labute approximate surface area is 105 Å². The number of amides is 1. The summed E-state index contributed by atoms with van der Waals surface area (Å²) >= 11 is 0. The highest BCUT2D eigenvalue weighted by Crippen LogP contribution is 2.18. The largest absolute Gasteiger partial charge is 0.478 e. The number of aromatic carboxylic acids is 1. The number of hydrogen-bond donors (Lipinski definition) is 3. The molecule has 1 amide bonds. The molecule has 0 saturated carbocycles. The van der Waals surface area contributed by atoms with Crippen LogP contribution in [0, 0.1) is 12.8 Å². The number of hydrogen-bond acceptors (Lipinski definition) is 3. The molecule has 1 saturated heterocycles. The monoisotopic (exact) mass is 248 g/mol. The molecule has 0 aliphatic carbocycles. The van der Waals surface area contributed by atoms with Crippen LogP contribution < -0.4 is 10.6 Å². The molecule has 0 bridgehead atoms. The quantitative estimate of drug-likeness (QED) is 0.749. The van der Waals surface area contributed by atoms with Gasteiger partial charge in [0.05, 0.1) is 5.56 Å². The SMILES string of the molecule is Cc1cc(C(=O)O)ccc1NC(=O)CC1CNC1. The summed E-state index contributed by atoms with van der Waals surface area (Å²) in [6.07, 6.45) is 0.507. The van der Waals surface area contributed by atoms with Crippen molar-refractivity contribution in [1.29, 1.82) is 0 Å². The lowest BCUT2D eigenvalue weighted by Crippen LogP contribution is -2.43. The van der Waals surface area contributed by atoms with Gasteiger partial charge in [0.25, 0.3) is 0 Å². The first-order chi connectivity index (χ1) is 8.56. The van der Waals surface area contributed by atoms with Gasteiger partial charge in [-0.15, -0.1) is 0 Å². The standard InChI is InChI=1S/C13H16N2O3/c1-8-4-10(13(17)18)2-3-11(8)15-12(16)5-9-6-14-7-9/h2-4,9,14H,5-7H2,1H3,(H,15,16)(H,17,18). The van der Waals surface area contributed by atoms with Crippen LogP contribution in [0.15, 0.2) is 18.2 Å². The third kappa shape index (κ3) is 2.87. The molecule has 0 radical (unpaired) electrons. The summed E-state index contributed by atoms with van der Waals surface area (Å²) in [6.45, 7) is 3.57. The van der Waals surface area contributed by atoms with Crippen molar-refractivity contribution in [2.45, 2.75) is 13.3 Å². The van der Waals surface area contributed by atoms with E-state index in [1.807, 2.05) is 0 Å². The number of aryl methyl sites for hydroxylation is 1. The molecule has 0 aromatic heterocycles. The van der Waals surface area contributed by atoms with Crippen molar-refractivity contribution in [3.63, 3.8) is 0 Å². The summed E-state index contributed by atoms with van der Waals surface area (Å²) in [7, 11) is 0.